The largest absolute Gasteiger partial charge is 0.463 e. The van der Waals surface area contributed by atoms with E-state index < -0.39 is 17.6 Å². The Bertz CT molecular complexity index is 1860. The summed E-state index contributed by atoms with van der Waals surface area (Å²) in [5.74, 6) is -1.98. The first kappa shape index (κ1) is 43.0. The number of hydrogen-bond acceptors (Lipinski definition) is 11. The number of benzene rings is 1. The molecular weight excluding hydrogens is 950 g/mol. The van der Waals surface area contributed by atoms with E-state index in [1.54, 1.807) is 30.7 Å². The van der Waals surface area contributed by atoms with Crippen molar-refractivity contribution in [3.05, 3.63) is 67.5 Å². The zero-order valence-corrected chi connectivity index (χ0v) is 34.0. The van der Waals surface area contributed by atoms with Crippen molar-refractivity contribution < 1.29 is 23.0 Å². The van der Waals surface area contributed by atoms with Crippen LogP contribution in [0.15, 0.2) is 49.2 Å². The average molecular weight is 994 g/mol. The minimum Gasteiger partial charge on any atom is -0.463 e. The molecule has 0 spiro atoms. The molecule has 4 aromatic rings. The molecule has 2 aliphatic heterocycles. The Morgan fingerprint density at radius 2 is 1.87 bits per heavy atom. The molecule has 1 aromatic carbocycles. The maximum atomic E-state index is 16.5. The molecule has 0 bridgehead atoms. The van der Waals surface area contributed by atoms with E-state index in [4.69, 9.17) is 26.3 Å². The smallest absolute Gasteiger partial charge is 0.319 e. The summed E-state index contributed by atoms with van der Waals surface area (Å²) in [6.45, 7) is 12.6. The van der Waals surface area contributed by atoms with Gasteiger partial charge in [0.15, 0.2) is 11.6 Å². The van der Waals surface area contributed by atoms with Gasteiger partial charge in [-0.15, -0.1) is 0 Å². The molecule has 0 aliphatic carbocycles. The summed E-state index contributed by atoms with van der Waals surface area (Å²) in [6.07, 6.45) is 7.31. The second kappa shape index (κ2) is 20.0. The Morgan fingerprint density at radius 3 is 2.54 bits per heavy atom. The maximum absolute atomic E-state index is 16.5. The van der Waals surface area contributed by atoms with Gasteiger partial charge >= 0.3 is 6.01 Å². The Kier molecular flexibility index (Phi) is 16.6. The molecule has 0 saturated carbocycles. The van der Waals surface area contributed by atoms with E-state index in [9.17, 15) is 9.18 Å². The van der Waals surface area contributed by atoms with Crippen molar-refractivity contribution in [2.24, 2.45) is 0 Å². The van der Waals surface area contributed by atoms with Crippen LogP contribution in [0.4, 0.5) is 14.6 Å². The number of carbonyl (C=O) groups is 1. The molecule has 5 heterocycles. The van der Waals surface area contributed by atoms with Crippen LogP contribution in [0.2, 0.25) is 5.02 Å². The van der Waals surface area contributed by atoms with Gasteiger partial charge in [-0.25, -0.2) is 8.78 Å². The third-order valence-electron chi connectivity index (χ3n) is 8.29. The Morgan fingerprint density at radius 1 is 1.17 bits per heavy atom. The van der Waals surface area contributed by atoms with E-state index >= 15 is 4.39 Å². The number of amides is 1. The van der Waals surface area contributed by atoms with Crippen LogP contribution in [0.1, 0.15) is 27.2 Å². The summed E-state index contributed by atoms with van der Waals surface area (Å²) in [5.41, 5.74) is 0.527. The molecule has 52 heavy (non-hydrogen) atoms. The van der Waals surface area contributed by atoms with Gasteiger partial charge in [0.1, 0.15) is 17.0 Å². The van der Waals surface area contributed by atoms with Gasteiger partial charge in [-0.3, -0.25) is 19.7 Å². The Balaban J connectivity index is 0.00000127. The van der Waals surface area contributed by atoms with Crippen molar-refractivity contribution in [3.8, 4) is 23.3 Å². The van der Waals surface area contributed by atoms with E-state index in [0.29, 0.717) is 65.9 Å². The van der Waals surface area contributed by atoms with E-state index in [2.05, 4.69) is 57.9 Å². The number of rotatable bonds is 8. The predicted molar refractivity (Wildman–Crippen MR) is 201 cm³/mol. The third kappa shape index (κ3) is 9.79. The van der Waals surface area contributed by atoms with Gasteiger partial charge in [0.05, 0.1) is 30.8 Å². The molecule has 2 aliphatic rings. The van der Waals surface area contributed by atoms with E-state index in [1.807, 2.05) is 11.0 Å². The SMILES string of the molecule is C=C(F)C(=O)N1CCN(c2nc(OCCCN3C[C@H](C)OC[C@@H]3C)nc3c(F)c(-c4cncc5cccc(Cl)c45)ncc23)CC1.CC#N.CS.[CH3-].[Es]. The van der Waals surface area contributed by atoms with Crippen molar-refractivity contribution in [2.75, 3.05) is 63.6 Å². The molecule has 3 aromatic heterocycles. The Labute approximate surface area is 308 Å². The normalized spacial score (nSPS) is 17.0. The van der Waals surface area contributed by atoms with Crippen molar-refractivity contribution >= 4 is 57.6 Å². The molecule has 1 radical (unpaired) electrons. The molecule has 6 rings (SSSR count). The number of ether oxygens (including phenoxy) is 2. The maximum Gasteiger partial charge on any atom is 0.319 e. The van der Waals surface area contributed by atoms with Gasteiger partial charge in [0.2, 0.25) is 0 Å². The van der Waals surface area contributed by atoms with Gasteiger partial charge < -0.3 is 26.7 Å². The monoisotopic (exact) mass is 993 g/mol. The number of carbonyl (C=O) groups excluding carboxylic acids is 1. The summed E-state index contributed by atoms with van der Waals surface area (Å²) in [5, 5.41) is 9.54. The number of pyridine rings is 2. The summed E-state index contributed by atoms with van der Waals surface area (Å²) in [4.78, 5) is 35.8. The van der Waals surface area contributed by atoms with Crippen LogP contribution in [0.5, 0.6) is 6.01 Å². The van der Waals surface area contributed by atoms with Crippen molar-refractivity contribution in [1.82, 2.24) is 29.7 Å². The number of morpholine rings is 1. The quantitative estimate of drug-likeness (QED) is 0.0900. The van der Waals surface area contributed by atoms with Crippen LogP contribution in [-0.4, -0.2) is 107 Å². The fourth-order valence-corrected chi connectivity index (χ4v) is 6.17. The zero-order chi connectivity index (χ0) is 36.4. The topological polar surface area (TPSA) is 121 Å². The number of thiol groups is 1. The zero-order valence-electron chi connectivity index (χ0n) is 29.9. The molecular formula is C36H44ClEsF2N8O3S-. The van der Waals surface area contributed by atoms with Crippen LogP contribution in [0.25, 0.3) is 32.9 Å². The fourth-order valence-electron chi connectivity index (χ4n) is 5.89. The van der Waals surface area contributed by atoms with Crippen LogP contribution < -0.4 is 9.64 Å². The minimum absolute atomic E-state index is 0. The second-order valence-electron chi connectivity index (χ2n) is 11.6. The first-order chi connectivity index (χ1) is 24.1. The molecule has 1 amide bonds. The molecule has 2 saturated heterocycles. The van der Waals surface area contributed by atoms with Gasteiger partial charge in [-0.1, -0.05) is 30.3 Å². The number of halogens is 3. The van der Waals surface area contributed by atoms with Gasteiger partial charge in [-0.05, 0) is 32.6 Å². The number of aromatic nitrogens is 4. The fraction of sp³-hybridized carbons (Fsp3) is 0.417. The summed E-state index contributed by atoms with van der Waals surface area (Å²) < 4.78 is 41.7. The van der Waals surface area contributed by atoms with Crippen LogP contribution in [0, 0.1) is 24.6 Å². The minimum atomic E-state index is -1.01. The second-order valence-corrected chi connectivity index (χ2v) is 12.0. The van der Waals surface area contributed by atoms with Crippen LogP contribution in [0.3, 0.4) is 0 Å². The molecule has 2 atom stereocenters. The first-order valence-electron chi connectivity index (χ1n) is 16.1. The van der Waals surface area contributed by atoms with E-state index in [0.717, 1.165) is 18.5 Å². The first-order valence-corrected chi connectivity index (χ1v) is 17.4. The summed E-state index contributed by atoms with van der Waals surface area (Å²) >= 11 is 10.1. The Hall–Kier alpha value is -5.16. The predicted octanol–water partition coefficient (Wildman–Crippen LogP) is 6.57. The van der Waals surface area contributed by atoms with E-state index in [-0.39, 0.29) is 43.8 Å². The number of piperazine rings is 1. The molecule has 11 nitrogen and oxygen atoms in total. The third-order valence-corrected chi connectivity index (χ3v) is 8.60. The van der Waals surface area contributed by atoms with Gasteiger partial charge in [-0.2, -0.15) is 27.9 Å². The van der Waals surface area contributed by atoms with E-state index in [1.165, 1.54) is 24.2 Å². The molecule has 16 heteroatoms. The van der Waals surface area contributed by atoms with Gasteiger partial charge in [0, 0.05) is 92.2 Å². The molecule has 0 unspecified atom stereocenters. The average Bonchev–Trinajstić information content (AvgIpc) is 3.12. The summed E-state index contributed by atoms with van der Waals surface area (Å²) in [6, 6.07) is 7.48. The standard InChI is InChI=1S/C32H34ClF2N7O3.C2H3N.CH4S.CH3.Es/c1-19-18-45-20(2)17-42(19)8-5-13-44-32-38-29-24(30(39-32)40-9-11-41(12-10-40)31(43)21(3)34)16-37-28(27(29)35)23-15-36-14-22-6-4-7-25(33)26(22)23;1-2-3;1-2;;/h4,6-7,14-16,19-20H,3,5,8-13,17-18H2,1-2H3;1H3;2H,1H3;1H3;/q;;;-1;/t19-,20-;;;;/m0..../s1. The summed E-state index contributed by atoms with van der Waals surface area (Å²) in [7, 11) is 0. The molecule has 2 fully saturated rings. The van der Waals surface area contributed by atoms with Crippen molar-refractivity contribution in [3.63, 3.8) is 0 Å². The van der Waals surface area contributed by atoms with Crippen molar-refractivity contribution in [2.45, 2.75) is 39.3 Å². The van der Waals surface area contributed by atoms with Crippen LogP contribution >= 0.6 is 24.2 Å². The number of nitriles is 1. The van der Waals surface area contributed by atoms with Crippen molar-refractivity contribution in [1.29, 1.82) is 5.26 Å². The number of anilines is 1. The molecule has 285 valence electrons. The number of fused-ring (bicyclic) bond motifs is 2. The number of nitrogens with zero attached hydrogens (tertiary/aromatic N) is 8. The number of hydrogen-bond donors (Lipinski definition) is 1. The molecule has 0 N–H and O–H groups in total. The van der Waals surface area contributed by atoms with Gasteiger partial charge in [0.25, 0.3) is 5.91 Å². The van der Waals surface area contributed by atoms with Crippen LogP contribution in [-0.2, 0) is 9.53 Å².